The van der Waals surface area contributed by atoms with Crippen LogP contribution in [-0.2, 0) is 11.2 Å². The Morgan fingerprint density at radius 1 is 1.00 bits per heavy atom. The first-order valence-corrected chi connectivity index (χ1v) is 12.3. The molecule has 6 heteroatoms. The van der Waals surface area contributed by atoms with Gasteiger partial charge in [0.25, 0.3) is 5.91 Å². The molecule has 0 unspecified atom stereocenters. The number of carbonyl (C=O) groups excluding carboxylic acids is 2. The summed E-state index contributed by atoms with van der Waals surface area (Å²) < 4.78 is 5.64. The molecule has 1 fully saturated rings. The Balaban J connectivity index is 1.30. The van der Waals surface area contributed by atoms with Crippen molar-refractivity contribution in [2.45, 2.75) is 26.4 Å². The summed E-state index contributed by atoms with van der Waals surface area (Å²) in [5.41, 5.74) is 5.86. The van der Waals surface area contributed by atoms with Gasteiger partial charge in [-0.1, -0.05) is 37.3 Å². The second-order valence-corrected chi connectivity index (χ2v) is 9.26. The first-order chi connectivity index (χ1) is 17.0. The number of likely N-dealkylation sites (N-methyl/N-ethyl adjacent to an activating group) is 1. The lowest BCUT2D eigenvalue weighted by atomic mass is 9.93. The van der Waals surface area contributed by atoms with Crippen molar-refractivity contribution in [3.8, 4) is 0 Å². The van der Waals surface area contributed by atoms with Gasteiger partial charge in [0.05, 0.1) is 5.56 Å². The quantitative estimate of drug-likeness (QED) is 0.542. The standard InChI is InChI=1S/C29H31N3O3/c1-3-31-13-15-32(16-14-31)24-10-12-26(20(2)17-24)30-28(33)22-9-11-25-23(18-22)19-27(35-29(25)34)21-7-5-4-6-8-21/h4-12,17-18,27H,3,13-16,19H2,1-2H3,(H,30,33)/t27-/m0/s1. The minimum absolute atomic E-state index is 0.185. The highest BCUT2D eigenvalue weighted by molar-refractivity contribution is 6.05. The van der Waals surface area contributed by atoms with Crippen molar-refractivity contribution in [3.63, 3.8) is 0 Å². The van der Waals surface area contributed by atoms with Crippen LogP contribution in [0, 0.1) is 6.92 Å². The molecule has 5 rings (SSSR count). The van der Waals surface area contributed by atoms with E-state index in [0.29, 0.717) is 17.5 Å². The van der Waals surface area contributed by atoms with E-state index in [2.05, 4.69) is 34.2 Å². The monoisotopic (exact) mass is 469 g/mol. The third-order valence-electron chi connectivity index (χ3n) is 7.06. The highest BCUT2D eigenvalue weighted by Crippen LogP contribution is 2.31. The lowest BCUT2D eigenvalue weighted by Gasteiger charge is -2.35. The summed E-state index contributed by atoms with van der Waals surface area (Å²) in [4.78, 5) is 30.5. The molecule has 6 nitrogen and oxygen atoms in total. The second kappa shape index (κ2) is 9.92. The number of ether oxygens (including phenoxy) is 1. The number of fused-ring (bicyclic) bond motifs is 1. The van der Waals surface area contributed by atoms with E-state index in [9.17, 15) is 9.59 Å². The number of nitrogens with zero attached hydrogens (tertiary/aromatic N) is 2. The third-order valence-corrected chi connectivity index (χ3v) is 7.06. The molecule has 2 aliphatic heterocycles. The van der Waals surface area contributed by atoms with Crippen molar-refractivity contribution in [1.29, 1.82) is 0 Å². The number of anilines is 2. The van der Waals surface area contributed by atoms with Gasteiger partial charge < -0.3 is 19.9 Å². The smallest absolute Gasteiger partial charge is 0.339 e. The zero-order chi connectivity index (χ0) is 24.4. The molecular formula is C29H31N3O3. The molecule has 1 amide bonds. The van der Waals surface area contributed by atoms with Crippen molar-refractivity contribution < 1.29 is 14.3 Å². The number of cyclic esters (lactones) is 1. The van der Waals surface area contributed by atoms with Gasteiger partial charge in [-0.3, -0.25) is 4.79 Å². The predicted molar refractivity (Wildman–Crippen MR) is 138 cm³/mol. The van der Waals surface area contributed by atoms with E-state index in [1.54, 1.807) is 12.1 Å². The van der Waals surface area contributed by atoms with Crippen LogP contribution in [0.3, 0.4) is 0 Å². The molecule has 1 atom stereocenters. The molecule has 0 radical (unpaired) electrons. The van der Waals surface area contributed by atoms with Gasteiger partial charge in [-0.15, -0.1) is 0 Å². The second-order valence-electron chi connectivity index (χ2n) is 9.26. The van der Waals surface area contributed by atoms with Crippen LogP contribution < -0.4 is 10.2 Å². The Kier molecular flexibility index (Phi) is 6.55. The summed E-state index contributed by atoms with van der Waals surface area (Å²) in [6.07, 6.45) is 0.203. The Bertz CT molecular complexity index is 1230. The molecule has 2 heterocycles. The van der Waals surface area contributed by atoms with E-state index in [4.69, 9.17) is 4.74 Å². The Hall–Kier alpha value is -3.64. The highest BCUT2D eigenvalue weighted by atomic mass is 16.5. The minimum Gasteiger partial charge on any atom is -0.454 e. The topological polar surface area (TPSA) is 61.9 Å². The number of hydrogen-bond donors (Lipinski definition) is 1. The van der Waals surface area contributed by atoms with Gasteiger partial charge in [0.15, 0.2) is 0 Å². The number of benzene rings is 3. The van der Waals surface area contributed by atoms with Crippen LogP contribution in [0.15, 0.2) is 66.7 Å². The summed E-state index contributed by atoms with van der Waals surface area (Å²) in [6, 6.07) is 21.1. The number of aryl methyl sites for hydroxylation is 1. The lowest BCUT2D eigenvalue weighted by Crippen LogP contribution is -2.46. The maximum atomic E-state index is 13.1. The van der Waals surface area contributed by atoms with Crippen LogP contribution in [-0.4, -0.2) is 49.5 Å². The number of carbonyl (C=O) groups is 2. The van der Waals surface area contributed by atoms with E-state index >= 15 is 0 Å². The minimum atomic E-state index is -0.349. The number of amides is 1. The molecule has 3 aromatic rings. The fraction of sp³-hybridized carbons (Fsp3) is 0.310. The van der Waals surface area contributed by atoms with Crippen molar-refractivity contribution in [2.75, 3.05) is 42.9 Å². The Morgan fingerprint density at radius 3 is 2.49 bits per heavy atom. The fourth-order valence-corrected chi connectivity index (χ4v) is 4.89. The largest absolute Gasteiger partial charge is 0.454 e. The van der Waals surface area contributed by atoms with Crippen LogP contribution in [0.5, 0.6) is 0 Å². The van der Waals surface area contributed by atoms with E-state index in [-0.39, 0.29) is 18.0 Å². The van der Waals surface area contributed by atoms with Crippen LogP contribution in [0.25, 0.3) is 0 Å². The number of piperazine rings is 1. The number of hydrogen-bond acceptors (Lipinski definition) is 5. The van der Waals surface area contributed by atoms with E-state index < -0.39 is 0 Å². The van der Waals surface area contributed by atoms with Crippen molar-refractivity contribution in [2.24, 2.45) is 0 Å². The van der Waals surface area contributed by atoms with Gasteiger partial charge >= 0.3 is 5.97 Å². The van der Waals surface area contributed by atoms with Crippen LogP contribution in [0.4, 0.5) is 11.4 Å². The van der Waals surface area contributed by atoms with E-state index in [1.165, 1.54) is 5.69 Å². The van der Waals surface area contributed by atoms with Crippen molar-refractivity contribution in [1.82, 2.24) is 4.90 Å². The number of nitrogens with one attached hydrogen (secondary N) is 1. The molecular weight excluding hydrogens is 438 g/mol. The molecule has 180 valence electrons. The fourth-order valence-electron chi connectivity index (χ4n) is 4.89. The first-order valence-electron chi connectivity index (χ1n) is 12.3. The molecule has 35 heavy (non-hydrogen) atoms. The maximum absolute atomic E-state index is 13.1. The molecule has 0 aliphatic carbocycles. The Labute approximate surface area is 206 Å². The van der Waals surface area contributed by atoms with Crippen LogP contribution in [0.2, 0.25) is 0 Å². The molecule has 1 N–H and O–H groups in total. The van der Waals surface area contributed by atoms with Gasteiger partial charge in [-0.2, -0.15) is 0 Å². The van der Waals surface area contributed by atoms with Crippen molar-refractivity contribution >= 4 is 23.3 Å². The third kappa shape index (κ3) is 4.93. The van der Waals surface area contributed by atoms with Gasteiger partial charge in [0.2, 0.25) is 0 Å². The summed E-state index contributed by atoms with van der Waals surface area (Å²) in [6.45, 7) is 9.49. The summed E-state index contributed by atoms with van der Waals surface area (Å²) in [5.74, 6) is -0.534. The molecule has 0 spiro atoms. The Morgan fingerprint density at radius 2 is 1.77 bits per heavy atom. The van der Waals surface area contributed by atoms with Gasteiger partial charge in [0.1, 0.15) is 6.10 Å². The zero-order valence-electron chi connectivity index (χ0n) is 20.3. The SMILES string of the molecule is CCN1CCN(c2ccc(NC(=O)c3ccc4c(c3)C[C@@H](c3ccccc3)OC4=O)c(C)c2)CC1. The number of esters is 1. The predicted octanol–water partition coefficient (Wildman–Crippen LogP) is 4.84. The molecule has 2 aliphatic rings. The van der Waals surface area contributed by atoms with E-state index in [1.807, 2.05) is 49.4 Å². The normalized spacial score (nSPS) is 18.1. The molecule has 0 bridgehead atoms. The molecule has 1 saturated heterocycles. The molecule has 0 saturated carbocycles. The molecule has 0 aromatic heterocycles. The lowest BCUT2D eigenvalue weighted by molar-refractivity contribution is 0.0252. The number of rotatable bonds is 5. The first kappa shape index (κ1) is 23.1. The van der Waals surface area contributed by atoms with Gasteiger partial charge in [-0.25, -0.2) is 4.79 Å². The van der Waals surface area contributed by atoms with Gasteiger partial charge in [0, 0.05) is 49.5 Å². The summed E-state index contributed by atoms with van der Waals surface area (Å²) >= 11 is 0. The summed E-state index contributed by atoms with van der Waals surface area (Å²) in [5, 5.41) is 3.05. The summed E-state index contributed by atoms with van der Waals surface area (Å²) in [7, 11) is 0. The average Bonchev–Trinajstić information content (AvgIpc) is 2.90. The molecule has 3 aromatic carbocycles. The zero-order valence-corrected chi connectivity index (χ0v) is 20.3. The van der Waals surface area contributed by atoms with Crippen molar-refractivity contribution in [3.05, 3.63) is 94.5 Å². The van der Waals surface area contributed by atoms with Gasteiger partial charge in [-0.05, 0) is 66.6 Å². The van der Waals surface area contributed by atoms with Crippen LogP contribution >= 0.6 is 0 Å². The average molecular weight is 470 g/mol. The van der Waals surface area contributed by atoms with E-state index in [0.717, 1.165) is 55.1 Å². The maximum Gasteiger partial charge on any atom is 0.339 e. The highest BCUT2D eigenvalue weighted by Gasteiger charge is 2.28. The van der Waals surface area contributed by atoms with Crippen LogP contribution in [0.1, 0.15) is 50.4 Å².